The number of carbonyl (C=O) groups excluding carboxylic acids is 1. The Morgan fingerprint density at radius 1 is 1.35 bits per heavy atom. The van der Waals surface area contributed by atoms with Gasteiger partial charge in [-0.05, 0) is 12.5 Å². The summed E-state index contributed by atoms with van der Waals surface area (Å²) in [5.74, 6) is -0.102. The van der Waals surface area contributed by atoms with E-state index in [0.717, 1.165) is 10.6 Å². The average Bonchev–Trinajstić information content (AvgIpc) is 2.91. The van der Waals surface area contributed by atoms with E-state index < -0.39 is 9.84 Å². The van der Waals surface area contributed by atoms with E-state index >= 15 is 0 Å². The molecular formula is C15H17ClN2O3S2. The standard InChI is InChI=1S/C15H17ClN2O3S2/c1-23(20,21)8-4-7-17-14(19)9-11-10-22-15(18-11)12-5-2-3-6-13(12)16/h2-3,5-6,10H,4,7-9H2,1H3,(H,17,19). The number of benzene rings is 1. The van der Waals surface area contributed by atoms with Gasteiger partial charge in [0.1, 0.15) is 14.8 Å². The van der Waals surface area contributed by atoms with Gasteiger partial charge in [-0.15, -0.1) is 11.3 Å². The summed E-state index contributed by atoms with van der Waals surface area (Å²) in [4.78, 5) is 16.3. The largest absolute Gasteiger partial charge is 0.356 e. The number of hydrogen-bond donors (Lipinski definition) is 1. The van der Waals surface area contributed by atoms with E-state index in [9.17, 15) is 13.2 Å². The summed E-state index contributed by atoms with van der Waals surface area (Å²) in [7, 11) is -2.99. The maximum atomic E-state index is 11.8. The molecule has 1 aromatic heterocycles. The lowest BCUT2D eigenvalue weighted by Gasteiger charge is -2.03. The first-order chi connectivity index (χ1) is 10.8. The Hall–Kier alpha value is -1.44. The van der Waals surface area contributed by atoms with Gasteiger partial charge in [0.25, 0.3) is 0 Å². The monoisotopic (exact) mass is 372 g/mol. The minimum Gasteiger partial charge on any atom is -0.356 e. The summed E-state index contributed by atoms with van der Waals surface area (Å²) in [6, 6.07) is 7.42. The van der Waals surface area contributed by atoms with Crippen molar-refractivity contribution in [3.8, 4) is 10.6 Å². The van der Waals surface area contributed by atoms with E-state index in [1.165, 1.54) is 17.6 Å². The third kappa shape index (κ3) is 5.93. The molecule has 1 amide bonds. The molecule has 0 unspecified atom stereocenters. The number of amides is 1. The van der Waals surface area contributed by atoms with Crippen LogP contribution in [0.5, 0.6) is 0 Å². The molecule has 2 rings (SSSR count). The van der Waals surface area contributed by atoms with Gasteiger partial charge in [0.15, 0.2) is 0 Å². The number of hydrogen-bond acceptors (Lipinski definition) is 5. The van der Waals surface area contributed by atoms with Crippen molar-refractivity contribution < 1.29 is 13.2 Å². The van der Waals surface area contributed by atoms with Gasteiger partial charge >= 0.3 is 0 Å². The quantitative estimate of drug-likeness (QED) is 0.758. The number of sulfone groups is 1. The zero-order valence-electron chi connectivity index (χ0n) is 12.6. The molecule has 0 fully saturated rings. The maximum Gasteiger partial charge on any atom is 0.226 e. The molecule has 1 N–H and O–H groups in total. The van der Waals surface area contributed by atoms with Crippen LogP contribution >= 0.6 is 22.9 Å². The normalized spacial score (nSPS) is 11.4. The molecule has 0 aliphatic heterocycles. The Kier molecular flexibility index (Phi) is 6.15. The van der Waals surface area contributed by atoms with Gasteiger partial charge in [-0.25, -0.2) is 13.4 Å². The molecule has 1 aromatic carbocycles. The summed E-state index contributed by atoms with van der Waals surface area (Å²) < 4.78 is 22.0. The summed E-state index contributed by atoms with van der Waals surface area (Å²) >= 11 is 7.57. The highest BCUT2D eigenvalue weighted by molar-refractivity contribution is 7.90. The van der Waals surface area contributed by atoms with Crippen LogP contribution in [0.25, 0.3) is 10.6 Å². The Bertz CT molecular complexity index is 788. The van der Waals surface area contributed by atoms with Crippen molar-refractivity contribution in [3.63, 3.8) is 0 Å². The molecule has 2 aromatic rings. The SMILES string of the molecule is CS(=O)(=O)CCCNC(=O)Cc1csc(-c2ccccc2Cl)n1. The fourth-order valence-corrected chi connectivity index (χ4v) is 3.74. The molecule has 0 atom stereocenters. The zero-order valence-corrected chi connectivity index (χ0v) is 15.0. The van der Waals surface area contributed by atoms with Gasteiger partial charge in [0.2, 0.25) is 5.91 Å². The number of halogens is 1. The van der Waals surface area contributed by atoms with Crippen molar-refractivity contribution in [1.29, 1.82) is 0 Å². The Balaban J connectivity index is 1.87. The van der Waals surface area contributed by atoms with Crippen molar-refractivity contribution in [1.82, 2.24) is 10.3 Å². The second-order valence-corrected chi connectivity index (χ2v) is 8.66. The molecule has 0 aliphatic rings. The molecule has 0 spiro atoms. The molecule has 8 heteroatoms. The average molecular weight is 373 g/mol. The first kappa shape index (κ1) is 17.9. The van der Waals surface area contributed by atoms with Gasteiger partial charge in [0, 0.05) is 23.7 Å². The fourth-order valence-electron chi connectivity index (χ4n) is 1.94. The van der Waals surface area contributed by atoms with E-state index in [0.29, 0.717) is 23.7 Å². The van der Waals surface area contributed by atoms with Crippen LogP contribution in [0.15, 0.2) is 29.6 Å². The van der Waals surface area contributed by atoms with Crippen LogP contribution in [0.1, 0.15) is 12.1 Å². The van der Waals surface area contributed by atoms with Crippen molar-refractivity contribution in [2.75, 3.05) is 18.6 Å². The van der Waals surface area contributed by atoms with E-state index in [-0.39, 0.29) is 18.1 Å². The first-order valence-electron chi connectivity index (χ1n) is 6.99. The van der Waals surface area contributed by atoms with Crippen LogP contribution < -0.4 is 5.32 Å². The summed E-state index contributed by atoms with van der Waals surface area (Å²) in [5.41, 5.74) is 1.52. The molecule has 0 aliphatic carbocycles. The van der Waals surface area contributed by atoms with Crippen molar-refractivity contribution in [2.24, 2.45) is 0 Å². The predicted molar refractivity (Wildman–Crippen MR) is 93.6 cm³/mol. The van der Waals surface area contributed by atoms with Gasteiger partial charge in [-0.1, -0.05) is 29.8 Å². The number of nitrogens with one attached hydrogen (secondary N) is 1. The molecule has 0 bridgehead atoms. The maximum absolute atomic E-state index is 11.8. The Morgan fingerprint density at radius 3 is 2.78 bits per heavy atom. The van der Waals surface area contributed by atoms with Gasteiger partial charge in [0.05, 0.1) is 22.9 Å². The summed E-state index contributed by atoms with van der Waals surface area (Å²) in [5, 5.41) is 5.92. The molecule has 0 radical (unpaired) electrons. The van der Waals surface area contributed by atoms with Gasteiger partial charge in [-0.3, -0.25) is 4.79 Å². The van der Waals surface area contributed by atoms with E-state index in [4.69, 9.17) is 11.6 Å². The molecule has 0 saturated heterocycles. The van der Waals surface area contributed by atoms with Crippen LogP contribution in [-0.2, 0) is 21.1 Å². The second kappa shape index (κ2) is 7.90. The van der Waals surface area contributed by atoms with Gasteiger partial charge in [-0.2, -0.15) is 0 Å². The molecule has 1 heterocycles. The second-order valence-electron chi connectivity index (χ2n) is 5.13. The van der Waals surface area contributed by atoms with Crippen LogP contribution in [0, 0.1) is 0 Å². The highest BCUT2D eigenvalue weighted by Gasteiger charge is 2.11. The lowest BCUT2D eigenvalue weighted by Crippen LogP contribution is -2.27. The van der Waals surface area contributed by atoms with E-state index in [1.807, 2.05) is 23.6 Å². The van der Waals surface area contributed by atoms with Crippen LogP contribution in [0.4, 0.5) is 0 Å². The van der Waals surface area contributed by atoms with Crippen molar-refractivity contribution >= 4 is 38.7 Å². The van der Waals surface area contributed by atoms with Crippen molar-refractivity contribution in [3.05, 3.63) is 40.4 Å². The highest BCUT2D eigenvalue weighted by atomic mass is 35.5. The van der Waals surface area contributed by atoms with Gasteiger partial charge < -0.3 is 5.32 Å². The smallest absolute Gasteiger partial charge is 0.226 e. The highest BCUT2D eigenvalue weighted by Crippen LogP contribution is 2.30. The molecular weight excluding hydrogens is 356 g/mol. The van der Waals surface area contributed by atoms with E-state index in [1.54, 1.807) is 6.07 Å². The molecule has 5 nitrogen and oxygen atoms in total. The fraction of sp³-hybridized carbons (Fsp3) is 0.333. The summed E-state index contributed by atoms with van der Waals surface area (Å²) in [6.07, 6.45) is 1.76. The van der Waals surface area contributed by atoms with Crippen molar-refractivity contribution in [2.45, 2.75) is 12.8 Å². The lowest BCUT2D eigenvalue weighted by atomic mass is 10.2. The first-order valence-corrected chi connectivity index (χ1v) is 10.3. The number of thiazole rings is 1. The predicted octanol–water partition coefficient (Wildman–Crippen LogP) is 2.56. The summed E-state index contributed by atoms with van der Waals surface area (Å²) in [6.45, 7) is 0.341. The third-order valence-corrected chi connectivity index (χ3v) is 5.30. The zero-order chi connectivity index (χ0) is 16.9. The number of nitrogens with zero attached hydrogens (tertiary/aromatic N) is 1. The minimum absolute atomic E-state index is 0.0701. The number of rotatable bonds is 7. The number of carbonyl (C=O) groups is 1. The van der Waals surface area contributed by atoms with Crippen LogP contribution in [-0.4, -0.2) is 37.9 Å². The Labute approximate surface area is 144 Å². The minimum atomic E-state index is -2.99. The molecule has 0 saturated carbocycles. The topological polar surface area (TPSA) is 76.1 Å². The third-order valence-electron chi connectivity index (χ3n) is 3.01. The Morgan fingerprint density at radius 2 is 2.09 bits per heavy atom. The molecule has 124 valence electrons. The van der Waals surface area contributed by atoms with Crippen LogP contribution in [0.3, 0.4) is 0 Å². The lowest BCUT2D eigenvalue weighted by molar-refractivity contribution is -0.120. The molecule has 23 heavy (non-hydrogen) atoms. The van der Waals surface area contributed by atoms with Crippen LogP contribution in [0.2, 0.25) is 5.02 Å². The number of aromatic nitrogens is 1. The van der Waals surface area contributed by atoms with E-state index in [2.05, 4.69) is 10.3 Å².